The van der Waals surface area contributed by atoms with Crippen LogP contribution in [0.15, 0.2) is 188 Å². The second-order valence-corrected chi connectivity index (χ2v) is 13.3. The SMILES string of the molecule is c1ccc(-c2ccc(N(c3cccc(-c4ccc5sc6ccccc6c5c4)c3)c3ccccc3-c3ccc4ccccc4c3)cc2)cc1. The van der Waals surface area contributed by atoms with Gasteiger partial charge in [-0.2, -0.15) is 0 Å². The third kappa shape index (κ3) is 5.13. The smallest absolute Gasteiger partial charge is 0.0540 e. The number of hydrogen-bond acceptors (Lipinski definition) is 2. The van der Waals surface area contributed by atoms with Crippen LogP contribution < -0.4 is 4.90 Å². The minimum Gasteiger partial charge on any atom is -0.310 e. The fourth-order valence-corrected chi connectivity index (χ4v) is 7.95. The Bertz CT molecular complexity index is 2560. The van der Waals surface area contributed by atoms with Crippen LogP contribution >= 0.6 is 11.3 Å². The molecule has 0 spiro atoms. The van der Waals surface area contributed by atoms with E-state index in [2.05, 4.69) is 193 Å². The number of nitrogens with zero attached hydrogens (tertiary/aromatic N) is 1. The normalized spacial score (nSPS) is 11.3. The zero-order valence-corrected chi connectivity index (χ0v) is 27.1. The quantitative estimate of drug-likeness (QED) is 0.177. The van der Waals surface area contributed by atoms with Crippen molar-refractivity contribution < 1.29 is 0 Å². The Morgan fingerprint density at radius 3 is 1.88 bits per heavy atom. The van der Waals surface area contributed by atoms with Gasteiger partial charge in [-0.3, -0.25) is 0 Å². The predicted molar refractivity (Wildman–Crippen MR) is 208 cm³/mol. The summed E-state index contributed by atoms with van der Waals surface area (Å²) in [5.74, 6) is 0. The maximum atomic E-state index is 2.40. The maximum Gasteiger partial charge on any atom is 0.0540 e. The molecule has 48 heavy (non-hydrogen) atoms. The third-order valence-electron chi connectivity index (χ3n) is 9.25. The molecule has 9 rings (SSSR count). The molecule has 0 atom stereocenters. The Morgan fingerprint density at radius 1 is 0.333 bits per heavy atom. The van der Waals surface area contributed by atoms with Crippen LogP contribution in [0.5, 0.6) is 0 Å². The fraction of sp³-hybridized carbons (Fsp3) is 0. The van der Waals surface area contributed by atoms with Crippen molar-refractivity contribution in [2.45, 2.75) is 0 Å². The number of thiophene rings is 1. The van der Waals surface area contributed by atoms with Gasteiger partial charge in [-0.05, 0) is 93.2 Å². The lowest BCUT2D eigenvalue weighted by atomic mass is 9.98. The first-order valence-corrected chi connectivity index (χ1v) is 17.2. The summed E-state index contributed by atoms with van der Waals surface area (Å²) in [5, 5.41) is 5.12. The largest absolute Gasteiger partial charge is 0.310 e. The van der Waals surface area contributed by atoms with E-state index >= 15 is 0 Å². The maximum absolute atomic E-state index is 2.40. The monoisotopic (exact) mass is 629 g/mol. The second-order valence-electron chi connectivity index (χ2n) is 12.2. The van der Waals surface area contributed by atoms with Gasteiger partial charge < -0.3 is 4.90 Å². The molecule has 226 valence electrons. The first-order valence-electron chi connectivity index (χ1n) is 16.3. The minimum absolute atomic E-state index is 1.11. The van der Waals surface area contributed by atoms with Crippen molar-refractivity contribution in [3.05, 3.63) is 188 Å². The summed E-state index contributed by atoms with van der Waals surface area (Å²) in [4.78, 5) is 2.40. The average molecular weight is 630 g/mol. The van der Waals surface area contributed by atoms with Gasteiger partial charge in [-0.25, -0.2) is 0 Å². The molecule has 0 fully saturated rings. The van der Waals surface area contributed by atoms with E-state index in [0.29, 0.717) is 0 Å². The molecule has 9 aromatic rings. The molecule has 1 heterocycles. The highest BCUT2D eigenvalue weighted by Gasteiger charge is 2.18. The molecule has 0 unspecified atom stereocenters. The van der Waals surface area contributed by atoms with Crippen molar-refractivity contribution in [1.29, 1.82) is 0 Å². The van der Waals surface area contributed by atoms with Crippen LogP contribution in [0.3, 0.4) is 0 Å². The van der Waals surface area contributed by atoms with Crippen molar-refractivity contribution in [2.24, 2.45) is 0 Å². The van der Waals surface area contributed by atoms with Crippen molar-refractivity contribution in [3.63, 3.8) is 0 Å². The summed E-state index contributed by atoms with van der Waals surface area (Å²) in [6, 6.07) is 68.2. The Balaban J connectivity index is 1.20. The van der Waals surface area contributed by atoms with Crippen LogP contribution in [0.1, 0.15) is 0 Å². The molecule has 0 aliphatic carbocycles. The van der Waals surface area contributed by atoms with Crippen molar-refractivity contribution in [3.8, 4) is 33.4 Å². The number of para-hydroxylation sites is 1. The molecule has 2 heteroatoms. The number of hydrogen-bond donors (Lipinski definition) is 0. The summed E-state index contributed by atoms with van der Waals surface area (Å²) in [6.07, 6.45) is 0. The van der Waals surface area contributed by atoms with Crippen LogP contribution in [0.4, 0.5) is 17.1 Å². The van der Waals surface area contributed by atoms with Gasteiger partial charge in [0.2, 0.25) is 0 Å². The lowest BCUT2D eigenvalue weighted by Crippen LogP contribution is -2.11. The fourth-order valence-electron chi connectivity index (χ4n) is 6.86. The molecule has 1 nitrogen and oxygen atoms in total. The van der Waals surface area contributed by atoms with Crippen LogP contribution in [0.25, 0.3) is 64.3 Å². The zero-order chi connectivity index (χ0) is 31.9. The molecule has 8 aromatic carbocycles. The van der Waals surface area contributed by atoms with E-state index in [9.17, 15) is 0 Å². The van der Waals surface area contributed by atoms with E-state index in [4.69, 9.17) is 0 Å². The highest BCUT2D eigenvalue weighted by molar-refractivity contribution is 7.25. The van der Waals surface area contributed by atoms with Crippen molar-refractivity contribution in [1.82, 2.24) is 0 Å². The van der Waals surface area contributed by atoms with Gasteiger partial charge in [0.05, 0.1) is 5.69 Å². The molecular weight excluding hydrogens is 599 g/mol. The van der Waals surface area contributed by atoms with Crippen LogP contribution in [-0.2, 0) is 0 Å². The molecule has 0 aliphatic heterocycles. The van der Waals surface area contributed by atoms with Crippen LogP contribution in [0, 0.1) is 0 Å². The standard InChI is InChI=1S/C46H31NS/c1-2-11-32(12-3-1)34-23-26-39(27-24-34)47(44-19-8-6-17-41(44)38-22-21-33-13-4-5-14-35(33)29-38)40-16-10-15-36(30-40)37-25-28-46-43(31-37)42-18-7-9-20-45(42)48-46/h1-31H. The Hall–Kier alpha value is -5.96. The Labute approximate surface area is 284 Å². The topological polar surface area (TPSA) is 3.24 Å². The summed E-state index contributed by atoms with van der Waals surface area (Å²) in [6.45, 7) is 0. The van der Waals surface area contributed by atoms with Crippen LogP contribution in [-0.4, -0.2) is 0 Å². The Morgan fingerprint density at radius 2 is 0.979 bits per heavy atom. The van der Waals surface area contributed by atoms with E-state index in [1.807, 2.05) is 11.3 Å². The molecule has 0 N–H and O–H groups in total. The highest BCUT2D eigenvalue weighted by atomic mass is 32.1. The van der Waals surface area contributed by atoms with E-state index in [1.54, 1.807) is 0 Å². The third-order valence-corrected chi connectivity index (χ3v) is 10.4. The second kappa shape index (κ2) is 12.0. The van der Waals surface area contributed by atoms with E-state index < -0.39 is 0 Å². The lowest BCUT2D eigenvalue weighted by Gasteiger charge is -2.28. The molecular formula is C46H31NS. The average Bonchev–Trinajstić information content (AvgIpc) is 3.54. The van der Waals surface area contributed by atoms with Crippen LogP contribution in [0.2, 0.25) is 0 Å². The van der Waals surface area contributed by atoms with Crippen molar-refractivity contribution in [2.75, 3.05) is 4.90 Å². The minimum atomic E-state index is 1.11. The molecule has 0 saturated heterocycles. The summed E-state index contributed by atoms with van der Waals surface area (Å²) in [5.41, 5.74) is 10.6. The summed E-state index contributed by atoms with van der Waals surface area (Å²) >= 11 is 1.86. The first kappa shape index (κ1) is 28.3. The number of benzene rings is 8. The van der Waals surface area contributed by atoms with Gasteiger partial charge >= 0.3 is 0 Å². The molecule has 1 aromatic heterocycles. The van der Waals surface area contributed by atoms with Gasteiger partial charge in [0.25, 0.3) is 0 Å². The first-order chi connectivity index (χ1) is 23.8. The molecule has 0 amide bonds. The van der Waals surface area contributed by atoms with E-state index in [1.165, 1.54) is 64.3 Å². The van der Waals surface area contributed by atoms with Crippen molar-refractivity contribution >= 4 is 59.3 Å². The molecule has 0 radical (unpaired) electrons. The number of anilines is 3. The molecule has 0 bridgehead atoms. The predicted octanol–water partition coefficient (Wildman–Crippen LogP) is 13.7. The van der Waals surface area contributed by atoms with E-state index in [0.717, 1.165) is 17.1 Å². The van der Waals surface area contributed by atoms with Gasteiger partial charge in [-0.1, -0.05) is 133 Å². The van der Waals surface area contributed by atoms with Gasteiger partial charge in [0.15, 0.2) is 0 Å². The van der Waals surface area contributed by atoms with E-state index in [-0.39, 0.29) is 0 Å². The molecule has 0 saturated carbocycles. The summed E-state index contributed by atoms with van der Waals surface area (Å²) in [7, 11) is 0. The zero-order valence-electron chi connectivity index (χ0n) is 26.3. The van der Waals surface area contributed by atoms with Gasteiger partial charge in [0.1, 0.15) is 0 Å². The van der Waals surface area contributed by atoms with Gasteiger partial charge in [-0.15, -0.1) is 11.3 Å². The highest BCUT2D eigenvalue weighted by Crippen LogP contribution is 2.43. The number of rotatable bonds is 6. The number of fused-ring (bicyclic) bond motifs is 4. The summed E-state index contributed by atoms with van der Waals surface area (Å²) < 4.78 is 2.65. The Kier molecular flexibility index (Phi) is 7.07. The van der Waals surface area contributed by atoms with Gasteiger partial charge in [0, 0.05) is 37.1 Å². The molecule has 0 aliphatic rings. The lowest BCUT2D eigenvalue weighted by molar-refractivity contribution is 1.28.